The summed E-state index contributed by atoms with van der Waals surface area (Å²) in [6.45, 7) is 0.538. The number of H-pyrrole nitrogens is 1. The van der Waals surface area contributed by atoms with Crippen molar-refractivity contribution in [2.75, 3.05) is 20.6 Å². The van der Waals surface area contributed by atoms with Crippen LogP contribution >= 0.6 is 11.3 Å². The monoisotopic (exact) mass is 410 g/mol. The minimum absolute atomic E-state index is 0.0378. The number of carbonyl (C=O) groups is 1. The molecule has 1 aliphatic rings. The van der Waals surface area contributed by atoms with Crippen molar-refractivity contribution in [1.29, 1.82) is 0 Å². The maximum absolute atomic E-state index is 12.5. The van der Waals surface area contributed by atoms with Gasteiger partial charge < -0.3 is 15.2 Å². The van der Waals surface area contributed by atoms with Gasteiger partial charge in [-0.05, 0) is 44.5 Å². The van der Waals surface area contributed by atoms with Gasteiger partial charge in [-0.25, -0.2) is 4.98 Å². The third-order valence-corrected chi connectivity index (χ3v) is 6.70. The van der Waals surface area contributed by atoms with Gasteiger partial charge in [-0.2, -0.15) is 0 Å². The fourth-order valence-corrected chi connectivity index (χ4v) is 5.25. The number of hydrogen-bond donors (Lipinski definition) is 2. The third kappa shape index (κ3) is 4.26. The second kappa shape index (κ2) is 8.47. The molecule has 1 aliphatic carbocycles. The summed E-state index contributed by atoms with van der Waals surface area (Å²) in [6.07, 6.45) is 3.86. The number of hydrogen-bond acceptors (Lipinski definition) is 5. The quantitative estimate of drug-likeness (QED) is 0.628. The molecular weight excluding hydrogens is 384 g/mol. The largest absolute Gasteiger partial charge is 0.354 e. The van der Waals surface area contributed by atoms with Gasteiger partial charge in [0.1, 0.15) is 10.7 Å². The molecule has 2 heterocycles. The van der Waals surface area contributed by atoms with E-state index in [1.54, 1.807) is 11.3 Å². The summed E-state index contributed by atoms with van der Waals surface area (Å²) in [5.41, 5.74) is 2.28. The first-order valence-corrected chi connectivity index (χ1v) is 10.9. The van der Waals surface area contributed by atoms with Crippen LogP contribution in [0.1, 0.15) is 40.7 Å². The molecule has 3 aromatic rings. The Morgan fingerprint density at radius 3 is 2.83 bits per heavy atom. The Kier molecular flexibility index (Phi) is 5.78. The number of fused-ring (bicyclic) bond motifs is 3. The standard InChI is InChI=1S/C22H26N4O2S/c1-26(2)16(14-7-4-3-5-8-14)13-23-19(27)12-11-18-24-21(28)20-15-9-6-10-17(15)29-22(20)25-18/h3-5,7-8,16H,6,9-13H2,1-2H3,(H,23,27)(H,24,25,28)/t16-/m1/s1. The van der Waals surface area contributed by atoms with Crippen molar-refractivity contribution >= 4 is 27.5 Å². The van der Waals surface area contributed by atoms with E-state index < -0.39 is 0 Å². The molecule has 1 amide bonds. The molecule has 4 rings (SSSR count). The minimum Gasteiger partial charge on any atom is -0.354 e. The molecule has 0 unspecified atom stereocenters. The highest BCUT2D eigenvalue weighted by Gasteiger charge is 2.21. The molecule has 1 aromatic carbocycles. The maximum Gasteiger partial charge on any atom is 0.259 e. The van der Waals surface area contributed by atoms with E-state index in [1.165, 1.54) is 16.0 Å². The Balaban J connectivity index is 1.38. The first kappa shape index (κ1) is 19.8. The predicted molar refractivity (Wildman–Crippen MR) is 116 cm³/mol. The molecule has 1 atom stereocenters. The highest BCUT2D eigenvalue weighted by atomic mass is 32.1. The van der Waals surface area contributed by atoms with Gasteiger partial charge in [-0.1, -0.05) is 30.3 Å². The average molecular weight is 411 g/mol. The number of nitrogens with one attached hydrogen (secondary N) is 2. The molecule has 152 valence electrons. The fraction of sp³-hybridized carbons (Fsp3) is 0.409. The maximum atomic E-state index is 12.5. The van der Waals surface area contributed by atoms with Crippen molar-refractivity contribution in [3.05, 3.63) is 62.5 Å². The number of amides is 1. The summed E-state index contributed by atoms with van der Waals surface area (Å²) in [6, 6.07) is 10.3. The van der Waals surface area contributed by atoms with Gasteiger partial charge in [-0.15, -0.1) is 11.3 Å². The lowest BCUT2D eigenvalue weighted by atomic mass is 10.1. The van der Waals surface area contributed by atoms with Gasteiger partial charge in [0.15, 0.2) is 0 Å². The van der Waals surface area contributed by atoms with Crippen molar-refractivity contribution in [1.82, 2.24) is 20.2 Å². The van der Waals surface area contributed by atoms with Crippen LogP contribution in [-0.4, -0.2) is 41.4 Å². The second-order valence-electron chi connectivity index (χ2n) is 7.74. The smallest absolute Gasteiger partial charge is 0.259 e. The van der Waals surface area contributed by atoms with Gasteiger partial charge in [0.2, 0.25) is 5.91 Å². The van der Waals surface area contributed by atoms with Gasteiger partial charge in [0.25, 0.3) is 5.56 Å². The number of thiophene rings is 1. The molecule has 0 bridgehead atoms. The van der Waals surface area contributed by atoms with Crippen molar-refractivity contribution in [3.63, 3.8) is 0 Å². The molecule has 0 saturated carbocycles. The summed E-state index contributed by atoms with van der Waals surface area (Å²) in [5.74, 6) is 0.550. The third-order valence-electron chi connectivity index (χ3n) is 5.51. The fourth-order valence-electron chi connectivity index (χ4n) is 3.97. The lowest BCUT2D eigenvalue weighted by Crippen LogP contribution is -2.34. The van der Waals surface area contributed by atoms with Crippen LogP contribution < -0.4 is 10.9 Å². The zero-order valence-corrected chi connectivity index (χ0v) is 17.6. The Labute approximate surface area is 174 Å². The summed E-state index contributed by atoms with van der Waals surface area (Å²) in [5, 5.41) is 3.78. The van der Waals surface area contributed by atoms with E-state index in [1.807, 2.05) is 32.3 Å². The summed E-state index contributed by atoms with van der Waals surface area (Å²) < 4.78 is 0. The molecule has 0 radical (unpaired) electrons. The van der Waals surface area contributed by atoms with Crippen LogP contribution in [0.25, 0.3) is 10.2 Å². The first-order valence-electron chi connectivity index (χ1n) is 10.0. The number of aromatic nitrogens is 2. The van der Waals surface area contributed by atoms with Crippen molar-refractivity contribution in [2.24, 2.45) is 0 Å². The topological polar surface area (TPSA) is 78.1 Å². The minimum atomic E-state index is -0.0680. The van der Waals surface area contributed by atoms with E-state index in [9.17, 15) is 9.59 Å². The summed E-state index contributed by atoms with van der Waals surface area (Å²) in [7, 11) is 4.01. The first-order chi connectivity index (χ1) is 14.0. The van der Waals surface area contributed by atoms with E-state index in [0.717, 1.165) is 29.5 Å². The van der Waals surface area contributed by atoms with Crippen LogP contribution in [-0.2, 0) is 24.1 Å². The molecule has 7 heteroatoms. The lowest BCUT2D eigenvalue weighted by Gasteiger charge is -2.25. The van der Waals surface area contributed by atoms with Crippen LogP contribution in [0.2, 0.25) is 0 Å². The normalized spacial score (nSPS) is 14.3. The Morgan fingerprint density at radius 1 is 1.28 bits per heavy atom. The van der Waals surface area contributed by atoms with Crippen LogP contribution in [0, 0.1) is 0 Å². The SMILES string of the molecule is CN(C)[C@H](CNC(=O)CCc1nc2sc3c(c2c(=O)[nH]1)CCC3)c1ccccc1. The molecule has 2 N–H and O–H groups in total. The van der Waals surface area contributed by atoms with Gasteiger partial charge >= 0.3 is 0 Å². The number of carbonyl (C=O) groups excluding carboxylic acids is 1. The van der Waals surface area contributed by atoms with Crippen molar-refractivity contribution in [2.45, 2.75) is 38.1 Å². The molecule has 0 saturated heterocycles. The van der Waals surface area contributed by atoms with Crippen molar-refractivity contribution < 1.29 is 4.79 Å². The molecule has 0 aliphatic heterocycles. The molecule has 2 aromatic heterocycles. The molecule has 6 nitrogen and oxygen atoms in total. The number of rotatable bonds is 7. The molecule has 29 heavy (non-hydrogen) atoms. The molecular formula is C22H26N4O2S. The lowest BCUT2D eigenvalue weighted by molar-refractivity contribution is -0.121. The summed E-state index contributed by atoms with van der Waals surface area (Å²) >= 11 is 1.63. The predicted octanol–water partition coefficient (Wildman–Crippen LogP) is 2.83. The van der Waals surface area contributed by atoms with E-state index in [4.69, 9.17) is 0 Å². The number of aryl methyl sites for hydroxylation is 3. The van der Waals surface area contributed by atoms with Crippen LogP contribution in [0.3, 0.4) is 0 Å². The van der Waals surface area contributed by atoms with Gasteiger partial charge in [0.05, 0.1) is 11.4 Å². The Hall–Kier alpha value is -2.51. The van der Waals surface area contributed by atoms with E-state index in [-0.39, 0.29) is 17.5 Å². The van der Waals surface area contributed by atoms with Gasteiger partial charge in [0, 0.05) is 24.3 Å². The number of likely N-dealkylation sites (N-methyl/N-ethyl adjacent to an activating group) is 1. The molecule has 0 fully saturated rings. The van der Waals surface area contributed by atoms with Crippen LogP contribution in [0.4, 0.5) is 0 Å². The number of benzene rings is 1. The highest BCUT2D eigenvalue weighted by Crippen LogP contribution is 2.34. The average Bonchev–Trinajstić information content (AvgIpc) is 3.28. The number of aromatic amines is 1. The van der Waals surface area contributed by atoms with Crippen LogP contribution in [0.5, 0.6) is 0 Å². The van der Waals surface area contributed by atoms with Gasteiger partial charge in [-0.3, -0.25) is 9.59 Å². The second-order valence-corrected chi connectivity index (χ2v) is 8.83. The Morgan fingerprint density at radius 2 is 2.07 bits per heavy atom. The highest BCUT2D eigenvalue weighted by molar-refractivity contribution is 7.18. The number of nitrogens with zero attached hydrogens (tertiary/aromatic N) is 2. The molecule has 0 spiro atoms. The Bertz CT molecular complexity index is 1070. The van der Waals surface area contributed by atoms with E-state index in [0.29, 0.717) is 25.2 Å². The van der Waals surface area contributed by atoms with Crippen molar-refractivity contribution in [3.8, 4) is 0 Å². The summed E-state index contributed by atoms with van der Waals surface area (Å²) in [4.78, 5) is 36.6. The zero-order valence-electron chi connectivity index (χ0n) is 16.8. The zero-order chi connectivity index (χ0) is 20.4. The van der Waals surface area contributed by atoms with E-state index >= 15 is 0 Å². The van der Waals surface area contributed by atoms with Crippen LogP contribution in [0.15, 0.2) is 35.1 Å². The van der Waals surface area contributed by atoms with E-state index in [2.05, 4.69) is 32.3 Å².